The number of amides is 1. The Morgan fingerprint density at radius 2 is 1.02 bits per heavy atom. The van der Waals surface area contributed by atoms with Crippen LogP contribution in [-0.4, -0.2) is 64.9 Å². The van der Waals surface area contributed by atoms with Crippen molar-refractivity contribution in [3.8, 4) is 0 Å². The van der Waals surface area contributed by atoms with Gasteiger partial charge in [0.25, 0.3) is 0 Å². The number of carboxylic acid groups (broad SMARTS) is 1. The summed E-state index contributed by atoms with van der Waals surface area (Å²) in [6.45, 7) is 2.43. The van der Waals surface area contributed by atoms with Gasteiger partial charge < -0.3 is 25.2 Å². The highest BCUT2D eigenvalue weighted by molar-refractivity contribution is 7.47. The van der Waals surface area contributed by atoms with Crippen molar-refractivity contribution in [1.82, 2.24) is 5.32 Å². The Kier molecular flexibility index (Phi) is 34.0. The summed E-state index contributed by atoms with van der Waals surface area (Å²) in [5.41, 5.74) is 0. The van der Waals surface area contributed by atoms with Gasteiger partial charge in [0.2, 0.25) is 5.91 Å². The summed E-state index contributed by atoms with van der Waals surface area (Å²) in [4.78, 5) is 45.4. The molecule has 11 nitrogen and oxygen atoms in total. The normalized spacial score (nSPS) is 14.0. The fourth-order valence-electron chi connectivity index (χ4n) is 5.60. The molecule has 51 heavy (non-hydrogen) atoms. The summed E-state index contributed by atoms with van der Waals surface area (Å²) in [5, 5.41) is 21.6. The van der Waals surface area contributed by atoms with E-state index in [1.807, 2.05) is 0 Å². The Bertz CT molecular complexity index is 932. The number of phosphoric acid groups is 1. The largest absolute Gasteiger partial charge is 0.480 e. The van der Waals surface area contributed by atoms with E-state index in [1.54, 1.807) is 0 Å². The smallest absolute Gasteiger partial charge is 0.472 e. The van der Waals surface area contributed by atoms with Crippen LogP contribution in [0.4, 0.5) is 0 Å². The summed E-state index contributed by atoms with van der Waals surface area (Å²) in [5.74, 6) is -2.38. The summed E-state index contributed by atoms with van der Waals surface area (Å²) in [7, 11) is -4.73. The van der Waals surface area contributed by atoms with Crippen molar-refractivity contribution >= 4 is 25.7 Å². The Labute approximate surface area is 309 Å². The third kappa shape index (κ3) is 35.0. The number of phosphoric ester groups is 1. The van der Waals surface area contributed by atoms with Gasteiger partial charge >= 0.3 is 19.8 Å². The summed E-state index contributed by atoms with van der Waals surface area (Å²) in [6.07, 6.45) is 33.2. The van der Waals surface area contributed by atoms with Crippen molar-refractivity contribution in [1.29, 1.82) is 0 Å². The maximum absolute atomic E-state index is 12.3. The fourth-order valence-corrected chi connectivity index (χ4v) is 6.38. The van der Waals surface area contributed by atoms with Gasteiger partial charge in [0.05, 0.1) is 13.2 Å². The third-order valence-corrected chi connectivity index (χ3v) is 9.76. The second kappa shape index (κ2) is 35.3. The molecule has 0 heterocycles. The van der Waals surface area contributed by atoms with Crippen molar-refractivity contribution in [2.45, 2.75) is 199 Å². The average Bonchev–Trinajstić information content (AvgIpc) is 3.10. The molecule has 0 saturated heterocycles. The van der Waals surface area contributed by atoms with Crippen LogP contribution in [0.15, 0.2) is 12.2 Å². The number of ether oxygens (including phenoxy) is 1. The van der Waals surface area contributed by atoms with Gasteiger partial charge in [-0.15, -0.1) is 0 Å². The first-order chi connectivity index (χ1) is 24.6. The van der Waals surface area contributed by atoms with Gasteiger partial charge in [0.15, 0.2) is 6.04 Å². The van der Waals surface area contributed by atoms with E-state index in [9.17, 15) is 34.1 Å². The van der Waals surface area contributed by atoms with Crippen LogP contribution in [0.25, 0.3) is 0 Å². The van der Waals surface area contributed by atoms with Gasteiger partial charge in [0, 0.05) is 12.8 Å². The first-order valence-electron chi connectivity index (χ1n) is 20.2. The van der Waals surface area contributed by atoms with Gasteiger partial charge in [-0.2, -0.15) is 0 Å². The molecule has 0 aliphatic heterocycles. The highest BCUT2D eigenvalue weighted by Crippen LogP contribution is 2.43. The molecule has 4 N–H and O–H groups in total. The molecule has 0 aromatic rings. The molecule has 0 spiro atoms. The van der Waals surface area contributed by atoms with E-state index in [1.165, 1.54) is 109 Å². The first-order valence-corrected chi connectivity index (χ1v) is 21.7. The number of carboxylic acids is 1. The summed E-state index contributed by atoms with van der Waals surface area (Å²) in [6, 6.07) is -1.54. The topological polar surface area (TPSA) is 169 Å². The molecule has 0 rings (SSSR count). The highest BCUT2D eigenvalue weighted by atomic mass is 31.2. The van der Waals surface area contributed by atoms with E-state index in [-0.39, 0.29) is 12.8 Å². The molecular weight excluding hydrogens is 673 g/mol. The molecule has 0 fully saturated rings. The molecule has 0 aromatic carbocycles. The minimum atomic E-state index is -4.73. The number of aliphatic hydroxyl groups is 1. The number of unbranched alkanes of at least 4 members (excludes halogenated alkanes) is 22. The summed E-state index contributed by atoms with van der Waals surface area (Å²) < 4.78 is 26.5. The zero-order valence-electron chi connectivity index (χ0n) is 32.2. The average molecular weight is 748 g/mol. The third-order valence-electron chi connectivity index (χ3n) is 8.80. The Balaban J connectivity index is 3.79. The molecule has 3 atom stereocenters. The zero-order chi connectivity index (χ0) is 37.8. The van der Waals surface area contributed by atoms with E-state index < -0.39 is 57.6 Å². The van der Waals surface area contributed by atoms with Crippen LogP contribution < -0.4 is 5.32 Å². The monoisotopic (exact) mass is 748 g/mol. The molecule has 1 amide bonds. The maximum atomic E-state index is 12.3. The minimum absolute atomic E-state index is 0.149. The van der Waals surface area contributed by atoms with Crippen LogP contribution in [0.5, 0.6) is 0 Å². The molecule has 0 bridgehead atoms. The van der Waals surface area contributed by atoms with Crippen molar-refractivity contribution in [2.24, 2.45) is 0 Å². The molecule has 0 aliphatic rings. The molecule has 12 heteroatoms. The van der Waals surface area contributed by atoms with Crippen LogP contribution >= 0.6 is 7.82 Å². The molecule has 3 unspecified atom stereocenters. The van der Waals surface area contributed by atoms with Crippen molar-refractivity contribution in [3.05, 3.63) is 12.2 Å². The zero-order valence-corrected chi connectivity index (χ0v) is 33.1. The number of carbonyl (C=O) groups is 3. The number of aliphatic carboxylic acids is 1. The molecule has 0 radical (unpaired) electrons. The standard InChI is InChI=1S/C39H74NO10P/c1-3-5-7-9-10-11-12-13-14-15-16-17-18-19-20-21-22-23-24-25-26-27-28-30-37(42)40-36(39(44)45)34-50-51(46,47)49-33-35(41)32-48-38(43)31-29-8-6-4-2/h13-14,35-36,41H,3-12,15-34H2,1-2H3,(H,40,42)(H,44,45)(H,46,47)/b14-13+. The van der Waals surface area contributed by atoms with E-state index in [4.69, 9.17) is 13.8 Å². The van der Waals surface area contributed by atoms with E-state index in [0.29, 0.717) is 12.8 Å². The number of rotatable bonds is 38. The number of aliphatic hydroxyl groups excluding tert-OH is 1. The van der Waals surface area contributed by atoms with Crippen LogP contribution in [0.2, 0.25) is 0 Å². The number of esters is 1. The number of hydrogen-bond acceptors (Lipinski definition) is 8. The van der Waals surface area contributed by atoms with Crippen LogP contribution in [0.1, 0.15) is 187 Å². The predicted molar refractivity (Wildman–Crippen MR) is 203 cm³/mol. The number of allylic oxidation sites excluding steroid dienone is 2. The maximum Gasteiger partial charge on any atom is 0.472 e. The van der Waals surface area contributed by atoms with Gasteiger partial charge in [-0.3, -0.25) is 18.6 Å². The lowest BCUT2D eigenvalue weighted by molar-refractivity contribution is -0.147. The highest BCUT2D eigenvalue weighted by Gasteiger charge is 2.28. The number of carbonyl (C=O) groups excluding carboxylic acids is 2. The second-order valence-corrected chi connectivity index (χ2v) is 15.3. The van der Waals surface area contributed by atoms with E-state index in [0.717, 1.165) is 38.5 Å². The molecule has 0 aromatic heterocycles. The number of hydrogen-bond donors (Lipinski definition) is 4. The SMILES string of the molecule is CCCCCCCC/C=C/CCCCCCCCCCCCCCCC(=O)NC(COP(=O)(O)OCC(O)COC(=O)CCCCCC)C(=O)O. The lowest BCUT2D eigenvalue weighted by atomic mass is 10.0. The molecule has 0 saturated carbocycles. The van der Waals surface area contributed by atoms with Crippen LogP contribution in [0, 0.1) is 0 Å². The Hall–Kier alpha value is -1.78. The van der Waals surface area contributed by atoms with Gasteiger partial charge in [-0.1, -0.05) is 148 Å². The molecule has 300 valence electrons. The first kappa shape index (κ1) is 49.2. The fraction of sp³-hybridized carbons (Fsp3) is 0.872. The van der Waals surface area contributed by atoms with Gasteiger partial charge in [-0.25, -0.2) is 9.36 Å². The lowest BCUT2D eigenvalue weighted by Gasteiger charge is -2.18. The van der Waals surface area contributed by atoms with Crippen molar-refractivity contribution < 1.29 is 47.8 Å². The summed E-state index contributed by atoms with van der Waals surface area (Å²) >= 11 is 0. The quantitative estimate of drug-likeness (QED) is 0.0206. The van der Waals surface area contributed by atoms with Gasteiger partial charge in [-0.05, 0) is 38.5 Å². The Morgan fingerprint density at radius 1 is 0.608 bits per heavy atom. The second-order valence-electron chi connectivity index (χ2n) is 13.8. The van der Waals surface area contributed by atoms with E-state index >= 15 is 0 Å². The molecule has 0 aliphatic carbocycles. The van der Waals surface area contributed by atoms with Crippen LogP contribution in [-0.2, 0) is 32.7 Å². The minimum Gasteiger partial charge on any atom is -0.480 e. The predicted octanol–water partition coefficient (Wildman–Crippen LogP) is 9.72. The van der Waals surface area contributed by atoms with E-state index in [2.05, 4.69) is 31.3 Å². The lowest BCUT2D eigenvalue weighted by Crippen LogP contribution is -2.43. The molecular formula is C39H74NO10P. The van der Waals surface area contributed by atoms with Crippen LogP contribution in [0.3, 0.4) is 0 Å². The Morgan fingerprint density at radius 3 is 1.51 bits per heavy atom. The van der Waals surface area contributed by atoms with Crippen molar-refractivity contribution in [2.75, 3.05) is 19.8 Å². The van der Waals surface area contributed by atoms with Crippen molar-refractivity contribution in [3.63, 3.8) is 0 Å². The van der Waals surface area contributed by atoms with Gasteiger partial charge in [0.1, 0.15) is 12.7 Å². The number of nitrogens with one attached hydrogen (secondary N) is 1.